The van der Waals surface area contributed by atoms with Gasteiger partial charge in [-0.1, -0.05) is 17.7 Å². The van der Waals surface area contributed by atoms with E-state index in [1.807, 2.05) is 13.0 Å². The first-order chi connectivity index (χ1) is 9.88. The van der Waals surface area contributed by atoms with Crippen molar-refractivity contribution in [3.63, 3.8) is 0 Å². The van der Waals surface area contributed by atoms with E-state index in [-0.39, 0.29) is 23.5 Å². The van der Waals surface area contributed by atoms with Crippen LogP contribution in [-0.4, -0.2) is 38.4 Å². The van der Waals surface area contributed by atoms with E-state index in [2.05, 4.69) is 10.6 Å². The van der Waals surface area contributed by atoms with Crippen LogP contribution in [0.4, 0.5) is 5.69 Å². The zero-order chi connectivity index (χ0) is 15.5. The highest BCUT2D eigenvalue weighted by Gasteiger charge is 2.30. The predicted octanol–water partition coefficient (Wildman–Crippen LogP) is 1.75. The molecule has 0 aliphatic carbocycles. The van der Waals surface area contributed by atoms with Gasteiger partial charge in [0.1, 0.15) is 0 Å². The second-order valence-electron chi connectivity index (χ2n) is 5.27. The Morgan fingerprint density at radius 1 is 1.43 bits per heavy atom. The molecule has 1 aliphatic heterocycles. The van der Waals surface area contributed by atoms with Crippen LogP contribution >= 0.6 is 11.6 Å². The van der Waals surface area contributed by atoms with E-state index in [1.165, 1.54) is 0 Å². The van der Waals surface area contributed by atoms with Crippen molar-refractivity contribution in [3.05, 3.63) is 28.8 Å². The maximum Gasteiger partial charge on any atom is 0.238 e. The molecule has 0 saturated carbocycles. The normalized spacial score (nSPS) is 20.4. The van der Waals surface area contributed by atoms with Crippen molar-refractivity contribution in [2.24, 2.45) is 0 Å². The number of amides is 1. The number of benzene rings is 1. The number of sulfone groups is 1. The lowest BCUT2D eigenvalue weighted by atomic mass is 10.2. The molecule has 0 aromatic heterocycles. The van der Waals surface area contributed by atoms with E-state index in [9.17, 15) is 13.2 Å². The third-order valence-corrected chi connectivity index (χ3v) is 6.11. The molecule has 0 bridgehead atoms. The van der Waals surface area contributed by atoms with Crippen LogP contribution in [0.2, 0.25) is 5.02 Å². The van der Waals surface area contributed by atoms with E-state index < -0.39 is 9.84 Å². The van der Waals surface area contributed by atoms with Gasteiger partial charge < -0.3 is 10.6 Å². The number of hydrogen-bond acceptors (Lipinski definition) is 4. The Balaban J connectivity index is 1.81. The zero-order valence-electron chi connectivity index (χ0n) is 11.9. The summed E-state index contributed by atoms with van der Waals surface area (Å²) in [6.45, 7) is 2.28. The number of rotatable bonds is 5. The molecule has 0 radical (unpaired) electrons. The number of carbonyl (C=O) groups is 1. The molecule has 2 N–H and O–H groups in total. The van der Waals surface area contributed by atoms with E-state index in [1.54, 1.807) is 12.1 Å². The highest BCUT2D eigenvalue weighted by atomic mass is 35.5. The van der Waals surface area contributed by atoms with E-state index in [4.69, 9.17) is 11.6 Å². The Morgan fingerprint density at radius 2 is 2.19 bits per heavy atom. The lowest BCUT2D eigenvalue weighted by Gasteiger charge is -2.12. The van der Waals surface area contributed by atoms with Crippen molar-refractivity contribution in [1.29, 1.82) is 0 Å². The standard InChI is InChI=1S/C14H19ClN2O3S/c1-10-4-5-11(15)7-13(10)17-14(18)9-16-8-12-3-2-6-21(12,19)20/h4-5,7,12,16H,2-3,6,8-9H2,1H3,(H,17,18). The van der Waals surface area contributed by atoms with Crippen LogP contribution in [0.5, 0.6) is 0 Å². The number of anilines is 1. The smallest absolute Gasteiger partial charge is 0.238 e. The highest BCUT2D eigenvalue weighted by Crippen LogP contribution is 2.20. The first-order valence-electron chi connectivity index (χ1n) is 6.87. The van der Waals surface area contributed by atoms with Crippen LogP contribution in [0.25, 0.3) is 0 Å². The summed E-state index contributed by atoms with van der Waals surface area (Å²) in [6.07, 6.45) is 1.38. The number of halogens is 1. The summed E-state index contributed by atoms with van der Waals surface area (Å²) in [5, 5.41) is 5.87. The Morgan fingerprint density at radius 3 is 2.86 bits per heavy atom. The molecular formula is C14H19ClN2O3S. The summed E-state index contributed by atoms with van der Waals surface area (Å²) in [6, 6.07) is 5.28. The van der Waals surface area contributed by atoms with Crippen LogP contribution < -0.4 is 10.6 Å². The molecule has 5 nitrogen and oxygen atoms in total. The Bertz CT molecular complexity index is 631. The summed E-state index contributed by atoms with van der Waals surface area (Å²) in [7, 11) is -2.97. The molecule has 116 valence electrons. The molecule has 1 aromatic rings. The minimum absolute atomic E-state index is 0.0813. The topological polar surface area (TPSA) is 75.3 Å². The Labute approximate surface area is 130 Å². The maximum atomic E-state index is 11.8. The Hall–Kier alpha value is -1.11. The molecule has 7 heteroatoms. The predicted molar refractivity (Wildman–Crippen MR) is 84.5 cm³/mol. The van der Waals surface area contributed by atoms with Gasteiger partial charge in [-0.3, -0.25) is 4.79 Å². The second-order valence-corrected chi connectivity index (χ2v) is 8.11. The van der Waals surface area contributed by atoms with Gasteiger partial charge in [0.05, 0.1) is 17.5 Å². The quantitative estimate of drug-likeness (QED) is 0.862. The van der Waals surface area contributed by atoms with Crippen LogP contribution in [0.15, 0.2) is 18.2 Å². The van der Waals surface area contributed by atoms with Gasteiger partial charge in [0.15, 0.2) is 9.84 Å². The number of hydrogen-bond donors (Lipinski definition) is 2. The minimum atomic E-state index is -2.97. The summed E-state index contributed by atoms with van der Waals surface area (Å²) in [4.78, 5) is 11.8. The van der Waals surface area contributed by atoms with Gasteiger partial charge >= 0.3 is 0 Å². The van der Waals surface area contributed by atoms with Crippen LogP contribution in [-0.2, 0) is 14.6 Å². The molecule has 1 amide bonds. The van der Waals surface area contributed by atoms with Crippen molar-refractivity contribution in [1.82, 2.24) is 5.32 Å². The van der Waals surface area contributed by atoms with Gasteiger partial charge in [-0.05, 0) is 37.5 Å². The molecule has 1 heterocycles. The van der Waals surface area contributed by atoms with Crippen molar-refractivity contribution in [2.75, 3.05) is 24.2 Å². The van der Waals surface area contributed by atoms with Crippen molar-refractivity contribution in [3.8, 4) is 0 Å². The van der Waals surface area contributed by atoms with E-state index in [0.717, 1.165) is 5.56 Å². The van der Waals surface area contributed by atoms with Crippen LogP contribution in [0.1, 0.15) is 18.4 Å². The number of carbonyl (C=O) groups excluding carboxylic acids is 1. The maximum absolute atomic E-state index is 11.8. The second kappa shape index (κ2) is 6.77. The SMILES string of the molecule is Cc1ccc(Cl)cc1NC(=O)CNCC1CCCS1(=O)=O. The van der Waals surface area contributed by atoms with Gasteiger partial charge in [0, 0.05) is 17.3 Å². The summed E-state index contributed by atoms with van der Waals surface area (Å²) in [5.74, 6) is 0.0449. The van der Waals surface area contributed by atoms with E-state index >= 15 is 0 Å². The highest BCUT2D eigenvalue weighted by molar-refractivity contribution is 7.92. The summed E-state index contributed by atoms with van der Waals surface area (Å²) in [5.41, 5.74) is 1.59. The monoisotopic (exact) mass is 330 g/mol. The molecule has 1 fully saturated rings. The van der Waals surface area contributed by atoms with Crippen molar-refractivity contribution >= 4 is 33.0 Å². The Kier molecular flexibility index (Phi) is 5.24. The lowest BCUT2D eigenvalue weighted by Crippen LogP contribution is -2.35. The number of nitrogens with one attached hydrogen (secondary N) is 2. The van der Waals surface area contributed by atoms with Gasteiger partial charge in [-0.2, -0.15) is 0 Å². The average molecular weight is 331 g/mol. The van der Waals surface area contributed by atoms with E-state index in [0.29, 0.717) is 30.1 Å². The van der Waals surface area contributed by atoms with Crippen LogP contribution in [0.3, 0.4) is 0 Å². The van der Waals surface area contributed by atoms with Gasteiger partial charge in [0.25, 0.3) is 0 Å². The number of aryl methyl sites for hydroxylation is 1. The fourth-order valence-electron chi connectivity index (χ4n) is 2.36. The largest absolute Gasteiger partial charge is 0.325 e. The molecule has 0 spiro atoms. The first kappa shape index (κ1) is 16.3. The minimum Gasteiger partial charge on any atom is -0.325 e. The molecule has 1 aliphatic rings. The molecule has 1 unspecified atom stereocenters. The fourth-order valence-corrected chi connectivity index (χ4v) is 4.33. The summed E-state index contributed by atoms with van der Waals surface area (Å²) >= 11 is 5.89. The molecule has 1 atom stereocenters. The van der Waals surface area contributed by atoms with Crippen LogP contribution in [0, 0.1) is 6.92 Å². The zero-order valence-corrected chi connectivity index (χ0v) is 13.4. The first-order valence-corrected chi connectivity index (χ1v) is 8.96. The van der Waals surface area contributed by atoms with Gasteiger partial charge in [-0.25, -0.2) is 8.42 Å². The van der Waals surface area contributed by atoms with Gasteiger partial charge in [0.2, 0.25) is 5.91 Å². The molecular weight excluding hydrogens is 312 g/mol. The molecule has 2 rings (SSSR count). The lowest BCUT2D eigenvalue weighted by molar-refractivity contribution is -0.115. The molecule has 1 saturated heterocycles. The fraction of sp³-hybridized carbons (Fsp3) is 0.500. The third kappa shape index (κ3) is 4.43. The molecule has 21 heavy (non-hydrogen) atoms. The average Bonchev–Trinajstić information content (AvgIpc) is 2.73. The molecule has 1 aromatic carbocycles. The van der Waals surface area contributed by atoms with Gasteiger partial charge in [-0.15, -0.1) is 0 Å². The van der Waals surface area contributed by atoms with Crippen molar-refractivity contribution in [2.45, 2.75) is 25.0 Å². The van der Waals surface area contributed by atoms with Crippen molar-refractivity contribution < 1.29 is 13.2 Å². The third-order valence-electron chi connectivity index (χ3n) is 3.59. The summed E-state index contributed by atoms with van der Waals surface area (Å²) < 4.78 is 23.3.